The fourth-order valence-electron chi connectivity index (χ4n) is 3.87. The van der Waals surface area contributed by atoms with Crippen LogP contribution in [0, 0.1) is 0 Å². The molecule has 11 heteroatoms. The summed E-state index contributed by atoms with van der Waals surface area (Å²) < 4.78 is 5.07. The molecule has 0 radical (unpaired) electrons. The van der Waals surface area contributed by atoms with Crippen molar-refractivity contribution in [2.45, 2.75) is 19.9 Å². The number of ether oxygens (including phenoxy) is 1. The number of carbonyl (C=O) groups is 1. The van der Waals surface area contributed by atoms with Crippen LogP contribution in [0.5, 0.6) is 0 Å². The molecule has 1 fully saturated rings. The van der Waals surface area contributed by atoms with E-state index in [4.69, 9.17) is 22.7 Å². The van der Waals surface area contributed by atoms with E-state index >= 15 is 0 Å². The highest BCUT2D eigenvalue weighted by molar-refractivity contribution is 7.80. The van der Waals surface area contributed by atoms with Gasteiger partial charge in [-0.1, -0.05) is 24.3 Å². The number of anilines is 1. The fraction of sp³-hybridized carbons (Fsp3) is 0.409. The lowest BCUT2D eigenvalue weighted by Crippen LogP contribution is -2.49. The number of nitrogens with two attached hydrogens (primary N) is 1. The molecule has 4 rings (SSSR count). The van der Waals surface area contributed by atoms with Crippen LogP contribution in [0.15, 0.2) is 41.8 Å². The van der Waals surface area contributed by atoms with Gasteiger partial charge in [-0.25, -0.2) is 9.78 Å². The molecule has 10 nitrogen and oxygen atoms in total. The average Bonchev–Trinajstić information content (AvgIpc) is 2.87. The predicted molar refractivity (Wildman–Crippen MR) is 130 cm³/mol. The fourth-order valence-corrected chi connectivity index (χ4v) is 4.07. The van der Waals surface area contributed by atoms with E-state index in [1.54, 1.807) is 24.2 Å². The second kappa shape index (κ2) is 10.4. The van der Waals surface area contributed by atoms with Gasteiger partial charge in [-0.2, -0.15) is 5.10 Å². The van der Waals surface area contributed by atoms with Crippen molar-refractivity contribution in [2.75, 3.05) is 44.2 Å². The number of hydrogen-bond donors (Lipinski definition) is 2. The number of hydrogen-bond acceptors (Lipinski definition) is 7. The lowest BCUT2D eigenvalue weighted by Gasteiger charge is -2.34. The first-order valence-electron chi connectivity index (χ1n) is 11.0. The molecule has 0 unspecified atom stereocenters. The van der Waals surface area contributed by atoms with Crippen molar-refractivity contribution in [1.82, 2.24) is 25.2 Å². The molecular weight excluding hydrogens is 440 g/mol. The van der Waals surface area contributed by atoms with E-state index < -0.39 is 0 Å². The number of nitrogens with zero attached hydrogens (tertiary/aromatic N) is 6. The number of aromatic nitrogens is 2. The number of piperazine rings is 1. The maximum absolute atomic E-state index is 11.9. The van der Waals surface area contributed by atoms with Crippen molar-refractivity contribution in [3.8, 4) is 0 Å². The molecule has 0 atom stereocenters. The van der Waals surface area contributed by atoms with Crippen LogP contribution in [0.1, 0.15) is 23.7 Å². The minimum absolute atomic E-state index is 0.203. The third kappa shape index (κ3) is 5.48. The molecular formula is C22H28N8O2S. The molecule has 1 amide bonds. The quantitative estimate of drug-likeness (QED) is 0.297. The number of hydrazone groups is 1. The Morgan fingerprint density at radius 2 is 1.91 bits per heavy atom. The van der Waals surface area contributed by atoms with E-state index in [2.05, 4.69) is 48.5 Å². The number of amides is 1. The molecule has 2 aliphatic rings. The van der Waals surface area contributed by atoms with Crippen LogP contribution >= 0.6 is 12.2 Å². The number of carbonyl (C=O) groups excluding carboxylic acids is 1. The zero-order valence-corrected chi connectivity index (χ0v) is 19.4. The Kier molecular flexibility index (Phi) is 7.18. The number of rotatable bonds is 4. The summed E-state index contributed by atoms with van der Waals surface area (Å²) in [4.78, 5) is 26.6. The summed E-state index contributed by atoms with van der Waals surface area (Å²) in [6, 6.07) is 8.37. The van der Waals surface area contributed by atoms with Gasteiger partial charge in [0.1, 0.15) is 11.5 Å². The van der Waals surface area contributed by atoms with E-state index in [0.29, 0.717) is 49.4 Å². The summed E-state index contributed by atoms with van der Waals surface area (Å²) in [7, 11) is 0. The minimum atomic E-state index is -0.285. The topological polar surface area (TPSA) is 112 Å². The van der Waals surface area contributed by atoms with E-state index in [0.717, 1.165) is 19.5 Å². The summed E-state index contributed by atoms with van der Waals surface area (Å²) in [5, 5.41) is 4.76. The Labute approximate surface area is 198 Å². The number of fused-ring (bicyclic) bond motifs is 1. The minimum Gasteiger partial charge on any atom is -0.450 e. The van der Waals surface area contributed by atoms with Crippen LogP contribution in [-0.2, 0) is 17.7 Å². The summed E-state index contributed by atoms with van der Waals surface area (Å²) >= 11 is 5.52. The summed E-state index contributed by atoms with van der Waals surface area (Å²) in [5.74, 6) is 0.888. The molecule has 2 aromatic rings. The maximum Gasteiger partial charge on any atom is 0.409 e. The highest BCUT2D eigenvalue weighted by Crippen LogP contribution is 2.18. The normalized spacial score (nSPS) is 16.3. The molecule has 0 bridgehead atoms. The van der Waals surface area contributed by atoms with Gasteiger partial charge in [0.05, 0.1) is 19.0 Å². The van der Waals surface area contributed by atoms with Crippen LogP contribution < -0.4 is 16.1 Å². The van der Waals surface area contributed by atoms with Crippen molar-refractivity contribution < 1.29 is 9.53 Å². The van der Waals surface area contributed by atoms with Gasteiger partial charge >= 0.3 is 6.09 Å². The Balaban J connectivity index is 1.34. The van der Waals surface area contributed by atoms with E-state index in [1.807, 2.05) is 6.07 Å². The third-order valence-corrected chi connectivity index (χ3v) is 6.05. The van der Waals surface area contributed by atoms with Crippen LogP contribution in [0.3, 0.4) is 0 Å². The van der Waals surface area contributed by atoms with Gasteiger partial charge < -0.3 is 25.2 Å². The SMILES string of the molecule is CCOC(=O)N1CCN(c2cncc(/C(N)=N/NC(=S)N3CCc4ccccc4C3)n2)CC1. The van der Waals surface area contributed by atoms with Gasteiger partial charge in [0.2, 0.25) is 0 Å². The second-order valence-corrected chi connectivity index (χ2v) is 8.18. The third-order valence-electron chi connectivity index (χ3n) is 5.70. The van der Waals surface area contributed by atoms with Crippen LogP contribution in [-0.4, -0.2) is 76.1 Å². The molecule has 174 valence electrons. The van der Waals surface area contributed by atoms with Crippen molar-refractivity contribution in [3.63, 3.8) is 0 Å². The number of nitrogens with one attached hydrogen (secondary N) is 1. The van der Waals surface area contributed by atoms with Gasteiger partial charge in [-0.05, 0) is 36.7 Å². The highest BCUT2D eigenvalue weighted by atomic mass is 32.1. The van der Waals surface area contributed by atoms with Crippen LogP contribution in [0.4, 0.5) is 10.6 Å². The van der Waals surface area contributed by atoms with Crippen LogP contribution in [0.2, 0.25) is 0 Å². The van der Waals surface area contributed by atoms with Crippen molar-refractivity contribution in [2.24, 2.45) is 10.8 Å². The lowest BCUT2D eigenvalue weighted by molar-refractivity contribution is 0.105. The standard InChI is InChI=1S/C22H28N8O2S/c1-2-32-22(31)29-11-9-28(10-12-29)19-14-24-13-18(25-19)20(23)26-27-21(33)30-8-7-16-5-3-4-6-17(16)15-30/h3-6,13-14H,2,7-12,15H2,1H3,(H2,23,26)(H,27,33). The molecule has 3 N–H and O–H groups in total. The van der Waals surface area contributed by atoms with Crippen molar-refractivity contribution >= 4 is 35.1 Å². The van der Waals surface area contributed by atoms with E-state index in [1.165, 1.54) is 11.1 Å². The Morgan fingerprint density at radius 3 is 2.67 bits per heavy atom. The molecule has 1 aromatic carbocycles. The van der Waals surface area contributed by atoms with Gasteiger partial charge in [0, 0.05) is 39.3 Å². The number of benzene rings is 1. The molecule has 33 heavy (non-hydrogen) atoms. The first-order chi connectivity index (χ1) is 16.0. The number of thiocarbonyl (C=S) groups is 1. The molecule has 0 saturated carbocycles. The van der Waals surface area contributed by atoms with Crippen molar-refractivity contribution in [3.05, 3.63) is 53.5 Å². The molecule has 0 spiro atoms. The molecule has 1 saturated heterocycles. The smallest absolute Gasteiger partial charge is 0.409 e. The van der Waals surface area contributed by atoms with Gasteiger partial charge in [0.25, 0.3) is 0 Å². The van der Waals surface area contributed by atoms with E-state index in [9.17, 15) is 4.79 Å². The van der Waals surface area contributed by atoms with Crippen molar-refractivity contribution in [1.29, 1.82) is 0 Å². The van der Waals surface area contributed by atoms with Crippen LogP contribution in [0.25, 0.3) is 0 Å². The van der Waals surface area contributed by atoms with E-state index in [-0.39, 0.29) is 11.9 Å². The van der Waals surface area contributed by atoms with Gasteiger partial charge in [0.15, 0.2) is 10.9 Å². The Morgan fingerprint density at radius 1 is 1.15 bits per heavy atom. The van der Waals surface area contributed by atoms with Gasteiger partial charge in [-0.15, -0.1) is 0 Å². The second-order valence-electron chi connectivity index (χ2n) is 7.79. The molecule has 0 aliphatic carbocycles. The Bertz CT molecular complexity index is 1040. The molecule has 2 aliphatic heterocycles. The first kappa shape index (κ1) is 22.7. The summed E-state index contributed by atoms with van der Waals surface area (Å²) in [5.41, 5.74) is 12.1. The first-order valence-corrected chi connectivity index (χ1v) is 11.4. The monoisotopic (exact) mass is 468 g/mol. The molecule has 3 heterocycles. The highest BCUT2D eigenvalue weighted by Gasteiger charge is 2.23. The zero-order valence-electron chi connectivity index (χ0n) is 18.6. The molecule has 1 aromatic heterocycles. The Hall–Kier alpha value is -3.47. The average molecular weight is 469 g/mol. The zero-order chi connectivity index (χ0) is 23.2. The summed E-state index contributed by atoms with van der Waals surface area (Å²) in [6.07, 6.45) is 3.90. The summed E-state index contributed by atoms with van der Waals surface area (Å²) in [6.45, 7) is 6.11. The largest absolute Gasteiger partial charge is 0.450 e. The number of amidine groups is 1. The maximum atomic E-state index is 11.9. The van der Waals surface area contributed by atoms with Gasteiger partial charge in [-0.3, -0.25) is 10.4 Å². The predicted octanol–water partition coefficient (Wildman–Crippen LogP) is 1.31. The lowest BCUT2D eigenvalue weighted by atomic mass is 10.0.